The van der Waals surface area contributed by atoms with E-state index in [-0.39, 0.29) is 11.0 Å². The molecule has 0 bridgehead atoms. The van der Waals surface area contributed by atoms with Crippen LogP contribution in [0.1, 0.15) is 15.9 Å². The molecular formula is C21H15Cl3N2O2S. The van der Waals surface area contributed by atoms with Crippen molar-refractivity contribution in [2.24, 2.45) is 0 Å². The van der Waals surface area contributed by atoms with Crippen molar-refractivity contribution in [3.8, 4) is 5.75 Å². The van der Waals surface area contributed by atoms with Crippen LogP contribution in [0.5, 0.6) is 5.75 Å². The lowest BCUT2D eigenvalue weighted by Crippen LogP contribution is -2.34. The largest absolute Gasteiger partial charge is 0.489 e. The summed E-state index contributed by atoms with van der Waals surface area (Å²) in [6.07, 6.45) is 0. The molecular weight excluding hydrogens is 451 g/mol. The van der Waals surface area contributed by atoms with Gasteiger partial charge in [0.05, 0.1) is 15.7 Å². The molecule has 3 aromatic carbocycles. The maximum absolute atomic E-state index is 12.4. The normalized spacial score (nSPS) is 10.3. The van der Waals surface area contributed by atoms with Crippen molar-refractivity contribution in [1.29, 1.82) is 0 Å². The minimum Gasteiger partial charge on any atom is -0.489 e. The third kappa shape index (κ3) is 6.08. The first-order valence-corrected chi connectivity index (χ1v) is 10.0. The van der Waals surface area contributed by atoms with Crippen LogP contribution in [0.2, 0.25) is 15.1 Å². The van der Waals surface area contributed by atoms with Crippen LogP contribution in [0.15, 0.2) is 66.7 Å². The quantitative estimate of drug-likeness (QED) is 0.431. The number of carbonyl (C=O) groups excluding carboxylic acids is 1. The number of anilines is 1. The molecule has 0 unspecified atom stereocenters. The van der Waals surface area contributed by atoms with Gasteiger partial charge in [0.25, 0.3) is 5.91 Å². The van der Waals surface area contributed by atoms with Gasteiger partial charge in [-0.1, -0.05) is 65.1 Å². The average Bonchev–Trinajstić information content (AvgIpc) is 2.70. The molecule has 0 atom stereocenters. The molecule has 1 amide bonds. The molecule has 0 fully saturated rings. The number of nitrogens with one attached hydrogen (secondary N) is 2. The molecule has 4 nitrogen and oxygen atoms in total. The van der Waals surface area contributed by atoms with E-state index < -0.39 is 0 Å². The number of ether oxygens (including phenoxy) is 1. The Morgan fingerprint density at radius 2 is 1.55 bits per heavy atom. The van der Waals surface area contributed by atoms with Gasteiger partial charge in [-0.15, -0.1) is 0 Å². The van der Waals surface area contributed by atoms with Gasteiger partial charge in [-0.3, -0.25) is 10.1 Å². The number of hydrogen-bond acceptors (Lipinski definition) is 3. The smallest absolute Gasteiger partial charge is 0.257 e. The van der Waals surface area contributed by atoms with E-state index in [0.29, 0.717) is 38.7 Å². The molecule has 3 rings (SSSR count). The summed E-state index contributed by atoms with van der Waals surface area (Å²) in [5, 5.41) is 6.43. The predicted molar refractivity (Wildman–Crippen MR) is 122 cm³/mol. The lowest BCUT2D eigenvalue weighted by molar-refractivity contribution is 0.0977. The van der Waals surface area contributed by atoms with Gasteiger partial charge >= 0.3 is 0 Å². The highest BCUT2D eigenvalue weighted by atomic mass is 35.5. The van der Waals surface area contributed by atoms with E-state index in [1.165, 1.54) is 12.1 Å². The molecule has 0 heterocycles. The zero-order valence-electron chi connectivity index (χ0n) is 14.9. The summed E-state index contributed by atoms with van der Waals surface area (Å²) in [6.45, 7) is 0.447. The molecule has 8 heteroatoms. The Morgan fingerprint density at radius 1 is 0.931 bits per heavy atom. The SMILES string of the molecule is O=C(NC(=S)Nc1c(Cl)cc(Cl)cc1Cl)c1ccc(OCc2ccccc2)cc1. The third-order valence-electron chi connectivity index (χ3n) is 3.84. The topological polar surface area (TPSA) is 50.4 Å². The molecule has 0 aromatic heterocycles. The Bertz CT molecular complexity index is 1000. The first kappa shape index (κ1) is 21.4. The summed E-state index contributed by atoms with van der Waals surface area (Å²) < 4.78 is 5.71. The molecule has 2 N–H and O–H groups in total. The van der Waals surface area contributed by atoms with E-state index in [0.717, 1.165) is 5.56 Å². The van der Waals surface area contributed by atoms with Crippen molar-refractivity contribution in [2.75, 3.05) is 5.32 Å². The summed E-state index contributed by atoms with van der Waals surface area (Å²) >= 11 is 23.3. The fourth-order valence-electron chi connectivity index (χ4n) is 2.43. The molecule has 148 valence electrons. The van der Waals surface area contributed by atoms with E-state index in [1.54, 1.807) is 24.3 Å². The summed E-state index contributed by atoms with van der Waals surface area (Å²) in [6, 6.07) is 19.6. The van der Waals surface area contributed by atoms with Gasteiger partial charge in [0, 0.05) is 10.6 Å². The van der Waals surface area contributed by atoms with Gasteiger partial charge in [0.15, 0.2) is 5.11 Å². The molecule has 0 aliphatic carbocycles. The van der Waals surface area contributed by atoms with Gasteiger partial charge in [-0.25, -0.2) is 0 Å². The lowest BCUT2D eigenvalue weighted by Gasteiger charge is -2.13. The summed E-state index contributed by atoms with van der Waals surface area (Å²) in [5.41, 5.74) is 1.85. The van der Waals surface area contributed by atoms with E-state index >= 15 is 0 Å². The fraction of sp³-hybridized carbons (Fsp3) is 0.0476. The Hall–Kier alpha value is -2.31. The molecule has 0 saturated heterocycles. The molecule has 0 aliphatic rings. The number of rotatable bonds is 5. The average molecular weight is 466 g/mol. The van der Waals surface area contributed by atoms with Crippen LogP contribution in [0.25, 0.3) is 0 Å². The van der Waals surface area contributed by atoms with Crippen LogP contribution in [0.4, 0.5) is 5.69 Å². The molecule has 0 radical (unpaired) electrons. The van der Waals surface area contributed by atoms with Gasteiger partial charge in [0.1, 0.15) is 12.4 Å². The third-order valence-corrected chi connectivity index (χ3v) is 4.86. The summed E-state index contributed by atoms with van der Waals surface area (Å²) in [4.78, 5) is 12.4. The van der Waals surface area contributed by atoms with Crippen LogP contribution < -0.4 is 15.4 Å². The van der Waals surface area contributed by atoms with Crippen molar-refractivity contribution in [3.05, 3.63) is 92.9 Å². The van der Waals surface area contributed by atoms with Crippen LogP contribution in [0, 0.1) is 0 Å². The Balaban J connectivity index is 1.57. The number of hydrogen-bond donors (Lipinski definition) is 2. The Morgan fingerprint density at radius 3 is 2.17 bits per heavy atom. The van der Waals surface area contributed by atoms with E-state index in [4.69, 9.17) is 51.8 Å². The van der Waals surface area contributed by atoms with Gasteiger partial charge in [0.2, 0.25) is 0 Å². The zero-order valence-corrected chi connectivity index (χ0v) is 18.0. The number of thiocarbonyl (C=S) groups is 1. The number of benzene rings is 3. The second kappa shape index (κ2) is 9.94. The van der Waals surface area contributed by atoms with Crippen molar-refractivity contribution in [1.82, 2.24) is 5.32 Å². The minimum absolute atomic E-state index is 0.0607. The predicted octanol–water partition coefficient (Wildman–Crippen LogP) is 6.35. The van der Waals surface area contributed by atoms with Crippen LogP contribution in [0.3, 0.4) is 0 Å². The minimum atomic E-state index is -0.377. The van der Waals surface area contributed by atoms with Crippen LogP contribution in [-0.2, 0) is 6.61 Å². The lowest BCUT2D eigenvalue weighted by atomic mass is 10.2. The monoisotopic (exact) mass is 464 g/mol. The zero-order chi connectivity index (χ0) is 20.8. The highest BCUT2D eigenvalue weighted by Crippen LogP contribution is 2.33. The molecule has 0 aliphatic heterocycles. The van der Waals surface area contributed by atoms with Gasteiger partial charge in [-0.05, 0) is 54.2 Å². The van der Waals surface area contributed by atoms with Gasteiger partial charge in [-0.2, -0.15) is 0 Å². The Kier molecular flexibility index (Phi) is 7.34. The van der Waals surface area contributed by atoms with E-state index in [9.17, 15) is 4.79 Å². The number of amides is 1. The second-order valence-electron chi connectivity index (χ2n) is 5.95. The van der Waals surface area contributed by atoms with Crippen LogP contribution >= 0.6 is 47.0 Å². The van der Waals surface area contributed by atoms with Crippen molar-refractivity contribution in [2.45, 2.75) is 6.61 Å². The number of carbonyl (C=O) groups is 1. The second-order valence-corrected chi connectivity index (χ2v) is 7.61. The molecule has 0 saturated carbocycles. The van der Waals surface area contributed by atoms with Crippen LogP contribution in [-0.4, -0.2) is 11.0 Å². The van der Waals surface area contributed by atoms with E-state index in [1.807, 2.05) is 30.3 Å². The standard InChI is InChI=1S/C21H15Cl3N2O2S/c22-15-10-17(23)19(18(24)11-15)25-21(29)26-20(27)14-6-8-16(9-7-14)28-12-13-4-2-1-3-5-13/h1-11H,12H2,(H2,25,26,27,29). The molecule has 3 aromatic rings. The number of halogens is 3. The van der Waals surface area contributed by atoms with Crippen molar-refractivity contribution < 1.29 is 9.53 Å². The first-order valence-electron chi connectivity index (χ1n) is 8.46. The maximum atomic E-state index is 12.4. The van der Waals surface area contributed by atoms with Gasteiger partial charge < -0.3 is 10.1 Å². The molecule has 29 heavy (non-hydrogen) atoms. The Labute approximate surface area is 188 Å². The molecule has 0 spiro atoms. The van der Waals surface area contributed by atoms with E-state index in [2.05, 4.69) is 10.6 Å². The summed E-state index contributed by atoms with van der Waals surface area (Å²) in [5.74, 6) is 0.282. The van der Waals surface area contributed by atoms with Crippen molar-refractivity contribution in [3.63, 3.8) is 0 Å². The highest BCUT2D eigenvalue weighted by molar-refractivity contribution is 7.80. The summed E-state index contributed by atoms with van der Waals surface area (Å²) in [7, 11) is 0. The highest BCUT2D eigenvalue weighted by Gasteiger charge is 2.12. The fourth-order valence-corrected chi connectivity index (χ4v) is 3.53. The van der Waals surface area contributed by atoms with Crippen molar-refractivity contribution >= 4 is 63.7 Å². The maximum Gasteiger partial charge on any atom is 0.257 e. The first-order chi connectivity index (χ1) is 13.9.